The highest BCUT2D eigenvalue weighted by molar-refractivity contribution is 7.80. The lowest BCUT2D eigenvalue weighted by Gasteiger charge is -2.37. The highest BCUT2D eigenvalue weighted by atomic mass is 32.1. The van der Waals surface area contributed by atoms with E-state index in [1.807, 2.05) is 36.4 Å². The van der Waals surface area contributed by atoms with Gasteiger partial charge >= 0.3 is 6.09 Å². The molecule has 6 rings (SSSR count). The van der Waals surface area contributed by atoms with Gasteiger partial charge in [-0.2, -0.15) is 0 Å². The number of carbonyl (C=O) groups excluding carboxylic acids is 1. The minimum atomic E-state index is -0.669. The van der Waals surface area contributed by atoms with E-state index in [9.17, 15) is 4.79 Å². The molecule has 1 saturated heterocycles. The molecule has 4 aromatic rings. The summed E-state index contributed by atoms with van der Waals surface area (Å²) in [6, 6.07) is 18.4. The van der Waals surface area contributed by atoms with E-state index >= 15 is 0 Å². The number of morpholine rings is 1. The molecule has 12 heteroatoms. The van der Waals surface area contributed by atoms with Crippen molar-refractivity contribution in [3.63, 3.8) is 0 Å². The summed E-state index contributed by atoms with van der Waals surface area (Å²) in [6.45, 7) is 5.64. The van der Waals surface area contributed by atoms with E-state index < -0.39 is 6.09 Å². The zero-order valence-corrected chi connectivity index (χ0v) is 23.9. The summed E-state index contributed by atoms with van der Waals surface area (Å²) >= 11 is 5.30. The maximum Gasteiger partial charge on any atom is 0.418 e. The Balaban J connectivity index is 1.21. The van der Waals surface area contributed by atoms with E-state index in [1.54, 1.807) is 36.7 Å². The van der Waals surface area contributed by atoms with Gasteiger partial charge in [-0.1, -0.05) is 18.2 Å². The van der Waals surface area contributed by atoms with Gasteiger partial charge in [0.15, 0.2) is 10.9 Å². The van der Waals surface area contributed by atoms with Crippen LogP contribution in [-0.2, 0) is 17.7 Å². The van der Waals surface area contributed by atoms with Gasteiger partial charge in [-0.05, 0) is 68.0 Å². The molecule has 1 atom stereocenters. The summed E-state index contributed by atoms with van der Waals surface area (Å²) in [4.78, 5) is 35.6. The average molecular weight is 583 g/mol. The van der Waals surface area contributed by atoms with Crippen molar-refractivity contribution in [1.29, 1.82) is 0 Å². The van der Waals surface area contributed by atoms with E-state index in [4.69, 9.17) is 31.7 Å². The lowest BCUT2D eigenvalue weighted by Crippen LogP contribution is -2.45. The molecular formula is C30H30N8O3S. The third-order valence-corrected chi connectivity index (χ3v) is 7.29. The molecule has 1 amide bonds. The minimum Gasteiger partial charge on any atom is -0.410 e. The first-order valence-electron chi connectivity index (χ1n) is 13.7. The van der Waals surface area contributed by atoms with Crippen LogP contribution in [0.1, 0.15) is 18.2 Å². The summed E-state index contributed by atoms with van der Waals surface area (Å²) in [5, 5.41) is 5.67. The van der Waals surface area contributed by atoms with Crippen LogP contribution in [0.2, 0.25) is 0 Å². The predicted octanol–water partition coefficient (Wildman–Crippen LogP) is 4.21. The number of rotatable bonds is 5. The van der Waals surface area contributed by atoms with Crippen LogP contribution in [0.25, 0.3) is 11.4 Å². The number of amides is 1. The Morgan fingerprint density at radius 1 is 1.02 bits per heavy atom. The summed E-state index contributed by atoms with van der Waals surface area (Å²) in [5.74, 6) is 2.72. The molecule has 1 fully saturated rings. The fourth-order valence-corrected chi connectivity index (χ4v) is 5.22. The second-order valence-corrected chi connectivity index (χ2v) is 10.4. The number of nitrogens with zero attached hydrogens (tertiary/aromatic N) is 6. The lowest BCUT2D eigenvalue weighted by molar-refractivity contribution is 0.0984. The second kappa shape index (κ2) is 12.5. The van der Waals surface area contributed by atoms with Crippen molar-refractivity contribution in [3.05, 3.63) is 84.3 Å². The Bertz CT molecular complexity index is 1560. The highest BCUT2D eigenvalue weighted by Gasteiger charge is 2.29. The van der Waals surface area contributed by atoms with Gasteiger partial charge in [0.1, 0.15) is 11.6 Å². The van der Waals surface area contributed by atoms with Crippen molar-refractivity contribution < 1.29 is 14.3 Å². The Kier molecular flexibility index (Phi) is 8.15. The lowest BCUT2D eigenvalue weighted by atomic mass is 10.0. The summed E-state index contributed by atoms with van der Waals surface area (Å²) in [7, 11) is 0. The van der Waals surface area contributed by atoms with E-state index in [0.717, 1.165) is 42.1 Å². The molecule has 2 aliphatic heterocycles. The van der Waals surface area contributed by atoms with Crippen molar-refractivity contribution in [2.24, 2.45) is 0 Å². The molecule has 0 spiro atoms. The first-order chi connectivity index (χ1) is 20.5. The third-order valence-electron chi connectivity index (χ3n) is 7.09. The Hall–Kier alpha value is -4.68. The molecule has 2 aromatic heterocycles. The molecular weight excluding hydrogens is 552 g/mol. The largest absolute Gasteiger partial charge is 0.418 e. The second-order valence-electron chi connectivity index (χ2n) is 9.99. The van der Waals surface area contributed by atoms with Crippen molar-refractivity contribution in [3.8, 4) is 17.1 Å². The van der Waals surface area contributed by atoms with Gasteiger partial charge in [0.05, 0.1) is 31.5 Å². The van der Waals surface area contributed by atoms with Gasteiger partial charge in [0.2, 0.25) is 5.95 Å². The molecule has 0 aliphatic carbocycles. The van der Waals surface area contributed by atoms with E-state index in [2.05, 4.69) is 37.3 Å². The number of benzene rings is 2. The number of aromatic nitrogens is 4. The van der Waals surface area contributed by atoms with E-state index in [0.29, 0.717) is 43.0 Å². The molecule has 42 heavy (non-hydrogen) atoms. The van der Waals surface area contributed by atoms with Gasteiger partial charge < -0.3 is 24.6 Å². The monoisotopic (exact) mass is 582 g/mol. The standard InChI is InChI=1S/C30H30N8O3S/c1-20-19-40-17-16-38(20)27-24-12-15-37(28-31-13-5-14-32-28)18-25(24)34-26(35-27)21-8-10-22(11-9-21)33-29(42)36-30(39)41-23-6-3-2-4-7-23/h2-11,13-14,20H,12,15-19H2,1H3,(H2,33,36,39,42)/t20-/m0/s1. The SMILES string of the molecule is C[C@H]1COCCN1c1nc(-c2ccc(NC(=S)NC(=O)Oc3ccccc3)cc2)nc2c1CCN(c1ncccn1)C2. The van der Waals surface area contributed by atoms with Gasteiger partial charge in [-0.15, -0.1) is 0 Å². The number of fused-ring (bicyclic) bond motifs is 1. The molecule has 0 unspecified atom stereocenters. The fraction of sp³-hybridized carbons (Fsp3) is 0.267. The number of thiocarbonyl (C=S) groups is 1. The number of para-hydroxylation sites is 1. The number of nitrogens with one attached hydrogen (secondary N) is 2. The van der Waals surface area contributed by atoms with Crippen molar-refractivity contribution in [2.45, 2.75) is 25.9 Å². The zero-order valence-electron chi connectivity index (χ0n) is 23.1. The molecule has 214 valence electrons. The topological polar surface area (TPSA) is 118 Å². The molecule has 2 N–H and O–H groups in total. The number of hydrogen-bond donors (Lipinski definition) is 2. The molecule has 4 heterocycles. The highest BCUT2D eigenvalue weighted by Crippen LogP contribution is 2.32. The van der Waals surface area contributed by atoms with Crippen LogP contribution in [0.5, 0.6) is 5.75 Å². The predicted molar refractivity (Wildman–Crippen MR) is 164 cm³/mol. The number of anilines is 3. The van der Waals surface area contributed by atoms with Crippen LogP contribution < -0.4 is 25.2 Å². The molecule has 0 radical (unpaired) electrons. The Morgan fingerprint density at radius 2 is 1.81 bits per heavy atom. The normalized spacial score (nSPS) is 16.4. The Labute approximate surface area is 248 Å². The molecule has 0 saturated carbocycles. The molecule has 2 aliphatic rings. The van der Waals surface area contributed by atoms with Gasteiger partial charge in [0, 0.05) is 42.3 Å². The van der Waals surface area contributed by atoms with Crippen LogP contribution in [0.15, 0.2) is 73.1 Å². The van der Waals surface area contributed by atoms with Crippen LogP contribution >= 0.6 is 12.2 Å². The number of hydrogen-bond acceptors (Lipinski definition) is 10. The average Bonchev–Trinajstić information content (AvgIpc) is 3.01. The van der Waals surface area contributed by atoms with Crippen molar-refractivity contribution >= 4 is 40.9 Å². The van der Waals surface area contributed by atoms with Crippen molar-refractivity contribution in [2.75, 3.05) is 41.4 Å². The first kappa shape index (κ1) is 27.5. The van der Waals surface area contributed by atoms with Crippen LogP contribution in [0.3, 0.4) is 0 Å². The Morgan fingerprint density at radius 3 is 2.57 bits per heavy atom. The quantitative estimate of drug-likeness (QED) is 0.330. The van der Waals surface area contributed by atoms with Gasteiger partial charge in [0.25, 0.3) is 0 Å². The number of carbonyl (C=O) groups is 1. The van der Waals surface area contributed by atoms with Crippen LogP contribution in [0.4, 0.5) is 22.2 Å². The van der Waals surface area contributed by atoms with E-state index in [1.165, 1.54) is 0 Å². The first-order valence-corrected chi connectivity index (χ1v) is 14.2. The van der Waals surface area contributed by atoms with Gasteiger partial charge in [-0.25, -0.2) is 24.7 Å². The maximum absolute atomic E-state index is 12.2. The van der Waals surface area contributed by atoms with Gasteiger partial charge in [-0.3, -0.25) is 5.32 Å². The number of ether oxygens (including phenoxy) is 2. The van der Waals surface area contributed by atoms with Crippen molar-refractivity contribution in [1.82, 2.24) is 25.3 Å². The molecule has 0 bridgehead atoms. The molecule has 2 aromatic carbocycles. The van der Waals surface area contributed by atoms with Crippen LogP contribution in [-0.4, -0.2) is 63.5 Å². The summed E-state index contributed by atoms with van der Waals surface area (Å²) in [5.41, 5.74) is 3.70. The molecule has 11 nitrogen and oxygen atoms in total. The van der Waals surface area contributed by atoms with Crippen LogP contribution in [0, 0.1) is 0 Å². The smallest absolute Gasteiger partial charge is 0.410 e. The van der Waals surface area contributed by atoms with E-state index in [-0.39, 0.29) is 11.2 Å². The summed E-state index contributed by atoms with van der Waals surface area (Å²) < 4.78 is 10.9. The zero-order chi connectivity index (χ0) is 28.9. The summed E-state index contributed by atoms with van der Waals surface area (Å²) in [6.07, 6.45) is 3.64. The fourth-order valence-electron chi connectivity index (χ4n) is 5.02. The maximum atomic E-state index is 12.2. The third kappa shape index (κ3) is 6.29. The minimum absolute atomic E-state index is 0.125.